The van der Waals surface area contributed by atoms with Crippen LogP contribution in [-0.2, 0) is 0 Å². The van der Waals surface area contributed by atoms with Crippen LogP contribution in [0.1, 0.15) is 0 Å². The molecule has 0 aliphatic rings. The number of hydrogen-bond acceptors (Lipinski definition) is 2. The summed E-state index contributed by atoms with van der Waals surface area (Å²) in [7, 11) is 0. The van der Waals surface area contributed by atoms with Crippen LogP contribution in [0, 0.1) is 15.9 Å². The Bertz CT molecular complexity index is 510. The van der Waals surface area contributed by atoms with E-state index < -0.39 is 10.7 Å². The molecule has 4 heteroatoms. The van der Waals surface area contributed by atoms with E-state index in [4.69, 9.17) is 0 Å². The molecule has 0 atom stereocenters. The van der Waals surface area contributed by atoms with Gasteiger partial charge in [-0.1, -0.05) is 12.1 Å². The Morgan fingerprint density at radius 1 is 1.21 bits per heavy atom. The van der Waals surface area contributed by atoms with Crippen molar-refractivity contribution in [2.45, 2.75) is 0 Å². The molecule has 70 valence electrons. The minimum Gasteiger partial charge on any atom is -0.258 e. The van der Waals surface area contributed by atoms with E-state index in [9.17, 15) is 14.5 Å². The number of nitrogens with zero attached hydrogens (tertiary/aromatic N) is 1. The topological polar surface area (TPSA) is 43.1 Å². The van der Waals surface area contributed by atoms with Gasteiger partial charge in [0.2, 0.25) is 0 Å². The zero-order valence-corrected chi connectivity index (χ0v) is 7.11. The summed E-state index contributed by atoms with van der Waals surface area (Å²) in [4.78, 5) is 10.1. The number of hydrogen-bond donors (Lipinski definition) is 0. The fourth-order valence-corrected chi connectivity index (χ4v) is 1.40. The van der Waals surface area contributed by atoms with Crippen LogP contribution in [0.4, 0.5) is 10.1 Å². The van der Waals surface area contributed by atoms with Gasteiger partial charge in [0.15, 0.2) is 0 Å². The first-order valence-corrected chi connectivity index (χ1v) is 4.01. The van der Waals surface area contributed by atoms with Gasteiger partial charge in [-0.2, -0.15) is 0 Å². The maximum Gasteiger partial charge on any atom is 0.277 e. The van der Waals surface area contributed by atoms with Crippen molar-refractivity contribution in [2.75, 3.05) is 0 Å². The summed E-state index contributed by atoms with van der Waals surface area (Å²) >= 11 is 0. The van der Waals surface area contributed by atoms with E-state index in [-0.39, 0.29) is 5.69 Å². The molecule has 0 aromatic heterocycles. The second kappa shape index (κ2) is 3.06. The van der Waals surface area contributed by atoms with Crippen molar-refractivity contribution < 1.29 is 9.31 Å². The maximum atomic E-state index is 12.8. The molecule has 0 saturated carbocycles. The van der Waals surface area contributed by atoms with Gasteiger partial charge >= 0.3 is 0 Å². The lowest BCUT2D eigenvalue weighted by Crippen LogP contribution is -1.89. The monoisotopic (exact) mass is 191 g/mol. The third kappa shape index (κ3) is 1.31. The van der Waals surface area contributed by atoms with Crippen LogP contribution in [0.25, 0.3) is 10.8 Å². The van der Waals surface area contributed by atoms with Crippen LogP contribution in [0.2, 0.25) is 0 Å². The molecule has 0 heterocycles. The Balaban J connectivity index is 2.81. The first-order valence-electron chi connectivity index (χ1n) is 4.01. The van der Waals surface area contributed by atoms with E-state index in [0.29, 0.717) is 10.8 Å². The van der Waals surface area contributed by atoms with Crippen molar-refractivity contribution in [1.29, 1.82) is 0 Å². The zero-order valence-electron chi connectivity index (χ0n) is 7.11. The normalized spacial score (nSPS) is 10.4. The van der Waals surface area contributed by atoms with E-state index >= 15 is 0 Å². The minimum atomic E-state index is -0.472. The SMILES string of the molecule is O=[N+]([O-])c1cccc2cc(F)ccc12. The molecule has 0 radical (unpaired) electrons. The van der Waals surface area contributed by atoms with Gasteiger partial charge in [-0.05, 0) is 23.6 Å². The van der Waals surface area contributed by atoms with E-state index in [1.54, 1.807) is 12.1 Å². The Kier molecular flexibility index (Phi) is 1.89. The predicted octanol–water partition coefficient (Wildman–Crippen LogP) is 2.89. The highest BCUT2D eigenvalue weighted by Crippen LogP contribution is 2.25. The minimum absolute atomic E-state index is 0.00231. The molecule has 0 amide bonds. The Morgan fingerprint density at radius 2 is 2.00 bits per heavy atom. The van der Waals surface area contributed by atoms with Gasteiger partial charge in [0, 0.05) is 6.07 Å². The third-order valence-corrected chi connectivity index (χ3v) is 2.02. The standard InChI is InChI=1S/C10H6FNO2/c11-8-4-5-9-7(6-8)2-1-3-10(9)12(13)14/h1-6H. The number of non-ortho nitro benzene ring substituents is 1. The molecule has 2 rings (SSSR count). The zero-order chi connectivity index (χ0) is 10.1. The first-order chi connectivity index (χ1) is 6.68. The van der Waals surface area contributed by atoms with Gasteiger partial charge in [0.25, 0.3) is 5.69 Å². The third-order valence-electron chi connectivity index (χ3n) is 2.02. The van der Waals surface area contributed by atoms with Crippen LogP contribution < -0.4 is 0 Å². The molecule has 0 aliphatic heterocycles. The van der Waals surface area contributed by atoms with Crippen molar-refractivity contribution in [1.82, 2.24) is 0 Å². The van der Waals surface area contributed by atoms with Crippen molar-refractivity contribution in [3.63, 3.8) is 0 Å². The molecule has 0 N–H and O–H groups in total. The van der Waals surface area contributed by atoms with Crippen LogP contribution >= 0.6 is 0 Å². The molecular weight excluding hydrogens is 185 g/mol. The summed E-state index contributed by atoms with van der Waals surface area (Å²) in [5.41, 5.74) is 0.00231. The molecule has 0 fully saturated rings. The summed E-state index contributed by atoms with van der Waals surface area (Å²) in [6, 6.07) is 8.51. The van der Waals surface area contributed by atoms with Gasteiger partial charge < -0.3 is 0 Å². The summed E-state index contributed by atoms with van der Waals surface area (Å²) in [5, 5.41) is 11.6. The molecule has 0 spiro atoms. The van der Waals surface area contributed by atoms with Gasteiger partial charge in [0.1, 0.15) is 5.82 Å². The largest absolute Gasteiger partial charge is 0.277 e. The molecule has 0 bridgehead atoms. The van der Waals surface area contributed by atoms with Gasteiger partial charge in [-0.15, -0.1) is 0 Å². The average molecular weight is 191 g/mol. The van der Waals surface area contributed by atoms with Crippen molar-refractivity contribution in [2.24, 2.45) is 0 Å². The first kappa shape index (κ1) is 8.62. The van der Waals surface area contributed by atoms with E-state index in [1.807, 2.05) is 0 Å². The smallest absolute Gasteiger partial charge is 0.258 e. The van der Waals surface area contributed by atoms with E-state index in [1.165, 1.54) is 24.3 Å². The van der Waals surface area contributed by atoms with Crippen molar-refractivity contribution in [3.8, 4) is 0 Å². The van der Waals surface area contributed by atoms with Crippen LogP contribution in [-0.4, -0.2) is 4.92 Å². The maximum absolute atomic E-state index is 12.8. The van der Waals surface area contributed by atoms with Gasteiger partial charge in [-0.25, -0.2) is 4.39 Å². The van der Waals surface area contributed by atoms with Crippen LogP contribution in [0.15, 0.2) is 36.4 Å². The molecule has 3 nitrogen and oxygen atoms in total. The van der Waals surface area contributed by atoms with Crippen LogP contribution in [0.3, 0.4) is 0 Å². The number of nitro benzene ring substituents is 1. The average Bonchev–Trinajstić information content (AvgIpc) is 2.16. The second-order valence-electron chi connectivity index (χ2n) is 2.90. The van der Waals surface area contributed by atoms with Crippen molar-refractivity contribution in [3.05, 3.63) is 52.3 Å². The molecule has 2 aromatic carbocycles. The lowest BCUT2D eigenvalue weighted by atomic mass is 10.1. The quantitative estimate of drug-likeness (QED) is 0.513. The Hall–Kier alpha value is -1.97. The van der Waals surface area contributed by atoms with Gasteiger partial charge in [-0.3, -0.25) is 10.1 Å². The lowest BCUT2D eigenvalue weighted by molar-refractivity contribution is -0.383. The number of fused-ring (bicyclic) bond motifs is 1. The number of nitro groups is 1. The number of benzene rings is 2. The lowest BCUT2D eigenvalue weighted by Gasteiger charge is -1.98. The summed E-state index contributed by atoms with van der Waals surface area (Å²) in [6.07, 6.45) is 0. The van der Waals surface area contributed by atoms with E-state index in [0.717, 1.165) is 0 Å². The molecule has 0 unspecified atom stereocenters. The summed E-state index contributed by atoms with van der Waals surface area (Å²) < 4.78 is 12.8. The fourth-order valence-electron chi connectivity index (χ4n) is 1.40. The Labute approximate surface area is 78.9 Å². The van der Waals surface area contributed by atoms with E-state index in [2.05, 4.69) is 0 Å². The molecule has 2 aromatic rings. The highest BCUT2D eigenvalue weighted by atomic mass is 19.1. The summed E-state index contributed by atoms with van der Waals surface area (Å²) in [6.45, 7) is 0. The van der Waals surface area contributed by atoms with Gasteiger partial charge in [0.05, 0.1) is 10.3 Å². The molecule has 0 saturated heterocycles. The highest BCUT2D eigenvalue weighted by Gasteiger charge is 2.10. The molecule has 0 aliphatic carbocycles. The van der Waals surface area contributed by atoms with Crippen LogP contribution in [0.5, 0.6) is 0 Å². The number of halogens is 1. The van der Waals surface area contributed by atoms with Crippen molar-refractivity contribution >= 4 is 16.5 Å². The molecule has 14 heavy (non-hydrogen) atoms. The predicted molar refractivity (Wildman–Crippen MR) is 50.6 cm³/mol. The highest BCUT2D eigenvalue weighted by molar-refractivity contribution is 5.90. The fraction of sp³-hybridized carbons (Fsp3) is 0. The summed E-state index contributed by atoms with van der Waals surface area (Å²) in [5.74, 6) is -0.391. The Morgan fingerprint density at radius 3 is 2.71 bits per heavy atom. The second-order valence-corrected chi connectivity index (χ2v) is 2.90. The molecular formula is C10H6FNO2. The number of rotatable bonds is 1.